The van der Waals surface area contributed by atoms with Crippen LogP contribution in [0.5, 0.6) is 5.75 Å². The number of phenolic OH excluding ortho intramolecular Hbond substituents is 1. The lowest BCUT2D eigenvalue weighted by Gasteiger charge is -2.16. The Morgan fingerprint density at radius 2 is 1.93 bits per heavy atom. The molecule has 0 radical (unpaired) electrons. The number of benzene rings is 1. The van der Waals surface area contributed by atoms with Crippen LogP contribution < -0.4 is 5.32 Å². The maximum atomic E-state index is 9.61. The van der Waals surface area contributed by atoms with Crippen molar-refractivity contribution in [3.05, 3.63) is 29.8 Å². The highest BCUT2D eigenvalue weighted by Gasteiger charge is 2.24. The fraction of sp³-hybridized carbons (Fsp3) is 0.500. The van der Waals surface area contributed by atoms with Gasteiger partial charge in [-0.15, -0.1) is 0 Å². The molecule has 3 heteroatoms. The monoisotopic (exact) mass is 207 g/mol. The molecule has 1 saturated carbocycles. The van der Waals surface area contributed by atoms with Gasteiger partial charge in [0, 0.05) is 12.6 Å². The van der Waals surface area contributed by atoms with Gasteiger partial charge in [0.2, 0.25) is 0 Å². The van der Waals surface area contributed by atoms with Gasteiger partial charge >= 0.3 is 0 Å². The fourth-order valence-electron chi connectivity index (χ4n) is 2.04. The van der Waals surface area contributed by atoms with E-state index in [4.69, 9.17) is 5.11 Å². The summed E-state index contributed by atoms with van der Waals surface area (Å²) in [7, 11) is 0. The van der Waals surface area contributed by atoms with Crippen molar-refractivity contribution in [3.63, 3.8) is 0 Å². The van der Waals surface area contributed by atoms with Crippen LogP contribution in [-0.2, 0) is 6.54 Å². The Morgan fingerprint density at radius 3 is 2.53 bits per heavy atom. The zero-order valence-electron chi connectivity index (χ0n) is 8.69. The number of aromatic hydroxyl groups is 1. The molecule has 0 bridgehead atoms. The molecule has 1 aliphatic rings. The molecule has 0 aromatic heterocycles. The summed E-state index contributed by atoms with van der Waals surface area (Å²) in [5, 5.41) is 22.1. The third kappa shape index (κ3) is 2.70. The maximum Gasteiger partial charge on any atom is 0.115 e. The normalized spacial score (nSPS) is 25.7. The van der Waals surface area contributed by atoms with Crippen molar-refractivity contribution in [1.82, 2.24) is 5.32 Å². The van der Waals surface area contributed by atoms with E-state index in [0.717, 1.165) is 31.4 Å². The molecule has 1 aliphatic carbocycles. The molecule has 2 rings (SSSR count). The van der Waals surface area contributed by atoms with Gasteiger partial charge in [-0.05, 0) is 37.0 Å². The summed E-state index contributed by atoms with van der Waals surface area (Å²) in [5.41, 5.74) is 1.13. The Kier molecular flexibility index (Phi) is 3.23. The van der Waals surface area contributed by atoms with E-state index in [0.29, 0.717) is 5.75 Å². The van der Waals surface area contributed by atoms with Crippen LogP contribution in [0.15, 0.2) is 24.3 Å². The number of aliphatic hydroxyl groups excluding tert-OH is 1. The van der Waals surface area contributed by atoms with Crippen LogP contribution in [0.3, 0.4) is 0 Å². The zero-order valence-corrected chi connectivity index (χ0v) is 8.69. The lowest BCUT2D eigenvalue weighted by molar-refractivity contribution is 0.148. The number of hydrogen-bond donors (Lipinski definition) is 3. The Bertz CT molecular complexity index is 310. The number of hydrogen-bond acceptors (Lipinski definition) is 3. The topological polar surface area (TPSA) is 52.5 Å². The molecular formula is C12H17NO2. The third-order valence-corrected chi connectivity index (χ3v) is 2.98. The van der Waals surface area contributed by atoms with Gasteiger partial charge in [-0.2, -0.15) is 0 Å². The predicted molar refractivity (Wildman–Crippen MR) is 58.6 cm³/mol. The Morgan fingerprint density at radius 1 is 1.20 bits per heavy atom. The van der Waals surface area contributed by atoms with E-state index >= 15 is 0 Å². The van der Waals surface area contributed by atoms with Gasteiger partial charge in [0.05, 0.1) is 6.10 Å². The van der Waals surface area contributed by atoms with Crippen LogP contribution >= 0.6 is 0 Å². The van der Waals surface area contributed by atoms with Crippen molar-refractivity contribution >= 4 is 0 Å². The summed E-state index contributed by atoms with van der Waals surface area (Å²) in [6.07, 6.45) is 2.88. The molecular weight excluding hydrogens is 190 g/mol. The van der Waals surface area contributed by atoms with E-state index in [1.807, 2.05) is 12.1 Å². The second kappa shape index (κ2) is 4.64. The number of rotatable bonds is 3. The van der Waals surface area contributed by atoms with E-state index in [1.54, 1.807) is 12.1 Å². The molecule has 0 saturated heterocycles. The Balaban J connectivity index is 1.85. The van der Waals surface area contributed by atoms with Crippen LogP contribution in [0, 0.1) is 0 Å². The molecule has 3 nitrogen and oxygen atoms in total. The van der Waals surface area contributed by atoms with Gasteiger partial charge in [-0.1, -0.05) is 12.1 Å². The predicted octanol–water partition coefficient (Wildman–Crippen LogP) is 1.40. The second-order valence-electron chi connectivity index (χ2n) is 4.15. The van der Waals surface area contributed by atoms with Gasteiger partial charge in [0.15, 0.2) is 0 Å². The minimum Gasteiger partial charge on any atom is -0.508 e. The highest BCUT2D eigenvalue weighted by molar-refractivity contribution is 5.25. The van der Waals surface area contributed by atoms with E-state index in [-0.39, 0.29) is 12.1 Å². The lowest BCUT2D eigenvalue weighted by atomic mass is 10.1. The summed E-state index contributed by atoms with van der Waals surface area (Å²) < 4.78 is 0. The second-order valence-corrected chi connectivity index (χ2v) is 4.15. The molecule has 3 N–H and O–H groups in total. The standard InChI is InChI=1S/C12H17NO2/c14-10-6-4-9(5-7-10)8-13-11-2-1-3-12(11)15/h4-7,11-15H,1-3,8H2/t11-,12-/m0/s1. The molecule has 0 unspecified atom stereocenters. The minimum atomic E-state index is -0.192. The number of aliphatic hydroxyl groups is 1. The summed E-state index contributed by atoms with van der Waals surface area (Å²) in [4.78, 5) is 0. The molecule has 15 heavy (non-hydrogen) atoms. The van der Waals surface area contributed by atoms with E-state index in [1.165, 1.54) is 0 Å². The van der Waals surface area contributed by atoms with Crippen molar-refractivity contribution in [2.75, 3.05) is 0 Å². The van der Waals surface area contributed by atoms with Crippen molar-refractivity contribution in [1.29, 1.82) is 0 Å². The van der Waals surface area contributed by atoms with Crippen LogP contribution in [0.2, 0.25) is 0 Å². The van der Waals surface area contributed by atoms with Gasteiger partial charge in [-0.3, -0.25) is 0 Å². The summed E-state index contributed by atoms with van der Waals surface area (Å²) >= 11 is 0. The molecule has 0 aliphatic heterocycles. The van der Waals surface area contributed by atoms with Crippen molar-refractivity contribution in [2.45, 2.75) is 38.0 Å². The summed E-state index contributed by atoms with van der Waals surface area (Å²) in [6, 6.07) is 7.39. The number of nitrogens with one attached hydrogen (secondary N) is 1. The first kappa shape index (κ1) is 10.5. The molecule has 0 spiro atoms. The van der Waals surface area contributed by atoms with E-state index in [2.05, 4.69) is 5.32 Å². The van der Waals surface area contributed by atoms with Crippen LogP contribution in [0.25, 0.3) is 0 Å². The van der Waals surface area contributed by atoms with Crippen molar-refractivity contribution in [2.24, 2.45) is 0 Å². The highest BCUT2D eigenvalue weighted by Crippen LogP contribution is 2.19. The van der Waals surface area contributed by atoms with Crippen LogP contribution in [-0.4, -0.2) is 22.4 Å². The SMILES string of the molecule is Oc1ccc(CN[C@H]2CCC[C@@H]2O)cc1. The first-order valence-corrected chi connectivity index (χ1v) is 5.45. The Hall–Kier alpha value is -1.06. The average Bonchev–Trinajstić information content (AvgIpc) is 2.63. The first-order valence-electron chi connectivity index (χ1n) is 5.45. The highest BCUT2D eigenvalue weighted by atomic mass is 16.3. The fourth-order valence-corrected chi connectivity index (χ4v) is 2.04. The zero-order chi connectivity index (χ0) is 10.7. The smallest absolute Gasteiger partial charge is 0.115 e. The third-order valence-electron chi connectivity index (χ3n) is 2.98. The quantitative estimate of drug-likeness (QED) is 0.702. The molecule has 2 atom stereocenters. The molecule has 0 amide bonds. The molecule has 82 valence electrons. The number of phenols is 1. The van der Waals surface area contributed by atoms with Gasteiger partial charge in [0.25, 0.3) is 0 Å². The molecule has 1 fully saturated rings. The van der Waals surface area contributed by atoms with Crippen molar-refractivity contribution in [3.8, 4) is 5.75 Å². The van der Waals surface area contributed by atoms with Gasteiger partial charge in [-0.25, -0.2) is 0 Å². The summed E-state index contributed by atoms with van der Waals surface area (Å²) in [5.74, 6) is 0.291. The first-order chi connectivity index (χ1) is 7.25. The summed E-state index contributed by atoms with van der Waals surface area (Å²) in [6.45, 7) is 0.752. The molecule has 0 heterocycles. The van der Waals surface area contributed by atoms with E-state index < -0.39 is 0 Å². The van der Waals surface area contributed by atoms with E-state index in [9.17, 15) is 5.11 Å². The largest absolute Gasteiger partial charge is 0.508 e. The van der Waals surface area contributed by atoms with Gasteiger partial charge < -0.3 is 15.5 Å². The van der Waals surface area contributed by atoms with Crippen LogP contribution in [0.1, 0.15) is 24.8 Å². The lowest BCUT2D eigenvalue weighted by Crippen LogP contribution is -2.34. The minimum absolute atomic E-state index is 0.192. The molecule has 1 aromatic rings. The average molecular weight is 207 g/mol. The van der Waals surface area contributed by atoms with Crippen molar-refractivity contribution < 1.29 is 10.2 Å². The molecule has 1 aromatic carbocycles. The van der Waals surface area contributed by atoms with Crippen LogP contribution in [0.4, 0.5) is 0 Å². The Labute approximate surface area is 89.8 Å². The maximum absolute atomic E-state index is 9.61. The van der Waals surface area contributed by atoms with Gasteiger partial charge in [0.1, 0.15) is 5.75 Å².